The zero-order valence-electron chi connectivity index (χ0n) is 18.6. The molecule has 4 rings (SSSR count). The van der Waals surface area contributed by atoms with Gasteiger partial charge in [-0.1, -0.05) is 48.0 Å². The standard InChI is InChI=1S/C27H23ClN2O4/c1-3-7-20-14-19(16-24(33-2)25(20)34-17-18-8-5-4-6-9-18)15-23-26(31)30(27(32)29-23)22-12-10-21(28)11-13-22/h3-6,8-16H,1,7,17H2,2H3,(H,29,32)/b23-15+. The smallest absolute Gasteiger partial charge is 0.333 e. The fourth-order valence-corrected chi connectivity index (χ4v) is 3.77. The maximum atomic E-state index is 13.0. The molecule has 3 aromatic rings. The first-order chi connectivity index (χ1) is 16.5. The fraction of sp³-hybridized carbons (Fsp3) is 0.111. The van der Waals surface area contributed by atoms with Crippen molar-refractivity contribution >= 4 is 35.3 Å². The van der Waals surface area contributed by atoms with Crippen molar-refractivity contribution in [2.45, 2.75) is 13.0 Å². The summed E-state index contributed by atoms with van der Waals surface area (Å²) in [5.41, 5.74) is 3.15. The molecule has 34 heavy (non-hydrogen) atoms. The molecule has 3 amide bonds. The number of urea groups is 1. The molecule has 1 fully saturated rings. The van der Waals surface area contributed by atoms with Gasteiger partial charge in [-0.3, -0.25) is 4.79 Å². The van der Waals surface area contributed by atoms with Crippen molar-refractivity contribution in [1.82, 2.24) is 5.32 Å². The van der Waals surface area contributed by atoms with Crippen molar-refractivity contribution in [2.24, 2.45) is 0 Å². The predicted molar refractivity (Wildman–Crippen MR) is 133 cm³/mol. The van der Waals surface area contributed by atoms with E-state index in [0.29, 0.717) is 40.8 Å². The molecule has 0 radical (unpaired) electrons. The molecule has 0 unspecified atom stereocenters. The minimum atomic E-state index is -0.528. The van der Waals surface area contributed by atoms with Gasteiger partial charge in [0.1, 0.15) is 12.3 Å². The summed E-state index contributed by atoms with van der Waals surface area (Å²) in [5.74, 6) is 0.674. The molecule has 0 bridgehead atoms. The van der Waals surface area contributed by atoms with E-state index in [1.165, 1.54) is 0 Å². The van der Waals surface area contributed by atoms with Crippen LogP contribution in [0.1, 0.15) is 16.7 Å². The van der Waals surface area contributed by atoms with Gasteiger partial charge in [0.2, 0.25) is 0 Å². The third kappa shape index (κ3) is 4.97. The second-order valence-corrected chi connectivity index (χ2v) is 8.02. The van der Waals surface area contributed by atoms with Crippen molar-refractivity contribution in [3.63, 3.8) is 0 Å². The number of nitrogens with zero attached hydrogens (tertiary/aromatic N) is 1. The van der Waals surface area contributed by atoms with Gasteiger partial charge in [0, 0.05) is 10.6 Å². The highest BCUT2D eigenvalue weighted by Gasteiger charge is 2.34. The maximum absolute atomic E-state index is 13.0. The summed E-state index contributed by atoms with van der Waals surface area (Å²) in [5, 5.41) is 3.16. The number of hydrogen-bond acceptors (Lipinski definition) is 4. The first-order valence-electron chi connectivity index (χ1n) is 10.6. The van der Waals surface area contributed by atoms with E-state index in [9.17, 15) is 9.59 Å². The molecule has 1 N–H and O–H groups in total. The van der Waals surface area contributed by atoms with Gasteiger partial charge in [0.05, 0.1) is 12.8 Å². The summed E-state index contributed by atoms with van der Waals surface area (Å²) in [7, 11) is 1.56. The lowest BCUT2D eigenvalue weighted by atomic mass is 10.0. The molecule has 0 atom stereocenters. The Morgan fingerprint density at radius 3 is 2.47 bits per heavy atom. The van der Waals surface area contributed by atoms with E-state index in [2.05, 4.69) is 11.9 Å². The number of halogens is 1. The van der Waals surface area contributed by atoms with Gasteiger partial charge in [-0.2, -0.15) is 0 Å². The number of amides is 3. The van der Waals surface area contributed by atoms with E-state index < -0.39 is 11.9 Å². The summed E-state index contributed by atoms with van der Waals surface area (Å²) in [6.45, 7) is 4.22. The third-order valence-electron chi connectivity index (χ3n) is 5.24. The van der Waals surface area contributed by atoms with Crippen LogP contribution >= 0.6 is 11.6 Å². The van der Waals surface area contributed by atoms with Crippen LogP contribution < -0.4 is 19.7 Å². The van der Waals surface area contributed by atoms with Crippen molar-refractivity contribution in [3.05, 3.63) is 107 Å². The molecule has 1 saturated heterocycles. The van der Waals surface area contributed by atoms with Gasteiger partial charge in [-0.25, -0.2) is 9.69 Å². The summed E-state index contributed by atoms with van der Waals surface area (Å²) >= 11 is 5.92. The van der Waals surface area contributed by atoms with Crippen LogP contribution in [0.3, 0.4) is 0 Å². The fourth-order valence-electron chi connectivity index (χ4n) is 3.65. The number of anilines is 1. The SMILES string of the molecule is C=CCc1cc(/C=C2/NC(=O)N(c3ccc(Cl)cc3)C2=O)cc(OC)c1OCc1ccccc1. The zero-order chi connectivity index (χ0) is 24.1. The Balaban J connectivity index is 1.64. The molecule has 172 valence electrons. The molecular formula is C27H23ClN2O4. The number of carbonyl (C=O) groups is 2. The Bertz CT molecular complexity index is 1250. The molecule has 0 aromatic heterocycles. The van der Waals surface area contributed by atoms with Crippen molar-refractivity contribution < 1.29 is 19.1 Å². The summed E-state index contributed by atoms with van der Waals surface area (Å²) < 4.78 is 11.7. The Morgan fingerprint density at radius 1 is 1.06 bits per heavy atom. The highest BCUT2D eigenvalue weighted by atomic mass is 35.5. The average Bonchev–Trinajstić information content (AvgIpc) is 3.12. The zero-order valence-corrected chi connectivity index (χ0v) is 19.3. The summed E-state index contributed by atoms with van der Waals surface area (Å²) in [6, 6.07) is 19.4. The number of allylic oxidation sites excluding steroid dienone is 1. The Morgan fingerprint density at radius 2 is 1.79 bits per heavy atom. The second kappa shape index (κ2) is 10.3. The first kappa shape index (κ1) is 23.1. The van der Waals surface area contributed by atoms with Crippen LogP contribution in [0.15, 0.2) is 85.1 Å². The lowest BCUT2D eigenvalue weighted by Crippen LogP contribution is -2.30. The predicted octanol–water partition coefficient (Wildman–Crippen LogP) is 5.75. The number of methoxy groups -OCH3 is 1. The summed E-state index contributed by atoms with van der Waals surface area (Å²) in [4.78, 5) is 26.5. The number of benzene rings is 3. The van der Waals surface area contributed by atoms with Crippen molar-refractivity contribution in [2.75, 3.05) is 12.0 Å². The van der Waals surface area contributed by atoms with E-state index in [1.54, 1.807) is 49.6 Å². The van der Waals surface area contributed by atoms with Gasteiger partial charge in [0.25, 0.3) is 5.91 Å². The highest BCUT2D eigenvalue weighted by molar-refractivity contribution is 6.31. The Kier molecular flexibility index (Phi) is 6.99. The van der Waals surface area contributed by atoms with E-state index in [1.807, 2.05) is 36.4 Å². The minimum Gasteiger partial charge on any atom is -0.493 e. The van der Waals surface area contributed by atoms with Gasteiger partial charge < -0.3 is 14.8 Å². The first-order valence-corrected chi connectivity index (χ1v) is 11.0. The summed E-state index contributed by atoms with van der Waals surface area (Å²) in [6.07, 6.45) is 3.92. The van der Waals surface area contributed by atoms with Crippen molar-refractivity contribution in [1.29, 1.82) is 0 Å². The van der Waals surface area contributed by atoms with Crippen LogP contribution in [0, 0.1) is 0 Å². The molecule has 7 heteroatoms. The van der Waals surface area contributed by atoms with E-state index in [0.717, 1.165) is 16.0 Å². The topological polar surface area (TPSA) is 67.9 Å². The lowest BCUT2D eigenvalue weighted by Gasteiger charge is -2.16. The number of nitrogens with one attached hydrogen (secondary N) is 1. The van der Waals surface area contributed by atoms with E-state index >= 15 is 0 Å². The van der Waals surface area contributed by atoms with E-state index in [-0.39, 0.29) is 5.70 Å². The highest BCUT2D eigenvalue weighted by Crippen LogP contribution is 2.35. The number of hydrogen-bond donors (Lipinski definition) is 1. The Hall–Kier alpha value is -4.03. The molecular weight excluding hydrogens is 452 g/mol. The average molecular weight is 475 g/mol. The van der Waals surface area contributed by atoms with Crippen LogP contribution in [0.5, 0.6) is 11.5 Å². The molecule has 3 aromatic carbocycles. The normalized spacial score (nSPS) is 14.3. The largest absolute Gasteiger partial charge is 0.493 e. The molecule has 6 nitrogen and oxygen atoms in total. The molecule has 1 heterocycles. The van der Waals surface area contributed by atoms with Gasteiger partial charge >= 0.3 is 6.03 Å². The van der Waals surface area contributed by atoms with Crippen LogP contribution in [0.4, 0.5) is 10.5 Å². The van der Waals surface area contributed by atoms with Gasteiger partial charge in [-0.05, 0) is 60.0 Å². The molecule has 0 spiro atoms. The number of imide groups is 1. The third-order valence-corrected chi connectivity index (χ3v) is 5.49. The Labute approximate surface area is 203 Å². The van der Waals surface area contributed by atoms with Crippen LogP contribution in [0.2, 0.25) is 5.02 Å². The van der Waals surface area contributed by atoms with E-state index in [4.69, 9.17) is 21.1 Å². The lowest BCUT2D eigenvalue weighted by molar-refractivity contribution is -0.113. The second-order valence-electron chi connectivity index (χ2n) is 7.58. The van der Waals surface area contributed by atoms with Crippen LogP contribution in [0.25, 0.3) is 6.08 Å². The molecule has 1 aliphatic rings. The van der Waals surface area contributed by atoms with Crippen LogP contribution in [-0.4, -0.2) is 19.0 Å². The maximum Gasteiger partial charge on any atom is 0.333 e. The van der Waals surface area contributed by atoms with Crippen molar-refractivity contribution in [3.8, 4) is 11.5 Å². The minimum absolute atomic E-state index is 0.157. The molecule has 1 aliphatic heterocycles. The number of ether oxygens (including phenoxy) is 2. The van der Waals surface area contributed by atoms with Gasteiger partial charge in [0.15, 0.2) is 11.5 Å². The van der Waals surface area contributed by atoms with Crippen LogP contribution in [-0.2, 0) is 17.8 Å². The number of carbonyl (C=O) groups excluding carboxylic acids is 2. The van der Waals surface area contributed by atoms with Gasteiger partial charge in [-0.15, -0.1) is 6.58 Å². The number of rotatable bonds is 8. The molecule has 0 aliphatic carbocycles. The molecule has 0 saturated carbocycles. The monoisotopic (exact) mass is 474 g/mol. The quantitative estimate of drug-likeness (QED) is 0.256.